The van der Waals surface area contributed by atoms with E-state index in [1.165, 1.54) is 0 Å². The molecule has 0 aliphatic carbocycles. The maximum Gasteiger partial charge on any atom is 0.295 e. The van der Waals surface area contributed by atoms with Crippen molar-refractivity contribution in [3.63, 3.8) is 0 Å². The van der Waals surface area contributed by atoms with E-state index >= 15 is 0 Å². The molecule has 1 aliphatic heterocycles. The van der Waals surface area contributed by atoms with Gasteiger partial charge in [-0.15, -0.1) is 0 Å². The van der Waals surface area contributed by atoms with Crippen LogP contribution < -0.4 is 4.74 Å². The number of H-pyrrole nitrogens is 1. The fourth-order valence-electron chi connectivity index (χ4n) is 4.08. The average molecular weight is 441 g/mol. The molecule has 0 radical (unpaired) electrons. The van der Waals surface area contributed by atoms with Crippen LogP contribution in [0.1, 0.15) is 48.8 Å². The van der Waals surface area contributed by atoms with E-state index in [2.05, 4.69) is 10.2 Å². The van der Waals surface area contributed by atoms with Gasteiger partial charge in [0, 0.05) is 12.2 Å². The van der Waals surface area contributed by atoms with E-state index < -0.39 is 17.7 Å². The van der Waals surface area contributed by atoms with Crippen molar-refractivity contribution in [1.29, 1.82) is 0 Å². The summed E-state index contributed by atoms with van der Waals surface area (Å²) in [5.41, 5.74) is 2.45. The van der Waals surface area contributed by atoms with Gasteiger partial charge in [0.15, 0.2) is 0 Å². The average Bonchev–Trinajstić information content (AvgIpc) is 3.18. The summed E-state index contributed by atoms with van der Waals surface area (Å²) >= 11 is 0. The van der Waals surface area contributed by atoms with E-state index in [-0.39, 0.29) is 17.4 Å². The van der Waals surface area contributed by atoms with E-state index in [1.54, 1.807) is 18.7 Å². The van der Waals surface area contributed by atoms with Crippen LogP contribution in [-0.4, -0.2) is 70.1 Å². The van der Waals surface area contributed by atoms with Crippen molar-refractivity contribution in [2.45, 2.75) is 46.3 Å². The fraction of sp³-hybridized carbons (Fsp3) is 0.458. The first kappa shape index (κ1) is 23.5. The number of carbonyl (C=O) groups is 2. The van der Waals surface area contributed by atoms with E-state index in [9.17, 15) is 14.7 Å². The molecule has 172 valence electrons. The number of aromatic amines is 1. The molecule has 8 heteroatoms. The standard InChI is InChI=1S/C24H32N4O4/c1-14(2)32-18-10-7-9-17(13-18)21-20(22(29)19-15(3)25-26-16(19)4)23(30)24(31)28(21)12-8-11-27(5)6/h7,9-10,13-14,21,29H,8,11-12H2,1-6H3,(H,25,26). The highest BCUT2D eigenvalue weighted by Crippen LogP contribution is 2.41. The summed E-state index contributed by atoms with van der Waals surface area (Å²) in [5, 5.41) is 18.2. The van der Waals surface area contributed by atoms with Gasteiger partial charge in [0.25, 0.3) is 11.7 Å². The molecule has 2 heterocycles. The zero-order chi connectivity index (χ0) is 23.6. The quantitative estimate of drug-likeness (QED) is 0.372. The smallest absolute Gasteiger partial charge is 0.295 e. The Balaban J connectivity index is 2.13. The number of rotatable bonds is 8. The minimum Gasteiger partial charge on any atom is -0.507 e. The van der Waals surface area contributed by atoms with Crippen LogP contribution in [0.3, 0.4) is 0 Å². The number of likely N-dealkylation sites (tertiary alicyclic amines) is 1. The first-order valence-corrected chi connectivity index (χ1v) is 10.8. The minimum atomic E-state index is -0.707. The minimum absolute atomic E-state index is 0.0204. The fourth-order valence-corrected chi connectivity index (χ4v) is 4.08. The Morgan fingerprint density at radius 1 is 1.28 bits per heavy atom. The SMILES string of the molecule is Cc1n[nH]c(C)c1C(O)=C1C(=O)C(=O)N(CCCN(C)C)C1c1cccc(OC(C)C)c1. The van der Waals surface area contributed by atoms with Gasteiger partial charge in [0.1, 0.15) is 11.5 Å². The number of aryl methyl sites for hydroxylation is 2. The third kappa shape index (κ3) is 4.70. The number of nitrogens with zero attached hydrogens (tertiary/aromatic N) is 3. The number of hydrogen-bond acceptors (Lipinski definition) is 6. The largest absolute Gasteiger partial charge is 0.507 e. The maximum atomic E-state index is 13.1. The Kier molecular flexibility index (Phi) is 7.03. The third-order valence-corrected chi connectivity index (χ3v) is 5.45. The second-order valence-corrected chi connectivity index (χ2v) is 8.70. The van der Waals surface area contributed by atoms with Crippen LogP contribution >= 0.6 is 0 Å². The molecule has 2 N–H and O–H groups in total. The highest BCUT2D eigenvalue weighted by atomic mass is 16.5. The van der Waals surface area contributed by atoms with Crippen LogP contribution in [0.4, 0.5) is 0 Å². The summed E-state index contributed by atoms with van der Waals surface area (Å²) in [7, 11) is 3.92. The van der Waals surface area contributed by atoms with E-state index in [1.807, 2.05) is 57.1 Å². The highest BCUT2D eigenvalue weighted by molar-refractivity contribution is 6.46. The third-order valence-electron chi connectivity index (χ3n) is 5.45. The molecule has 1 unspecified atom stereocenters. The Morgan fingerprint density at radius 3 is 2.59 bits per heavy atom. The molecule has 1 amide bonds. The number of ketones is 1. The lowest BCUT2D eigenvalue weighted by Crippen LogP contribution is -2.32. The summed E-state index contributed by atoms with van der Waals surface area (Å²) in [6.45, 7) is 8.55. The number of aliphatic hydroxyl groups excluding tert-OH is 1. The van der Waals surface area contributed by atoms with Gasteiger partial charge in [-0.3, -0.25) is 14.7 Å². The van der Waals surface area contributed by atoms with Gasteiger partial charge in [-0.25, -0.2) is 0 Å². The Labute approximate surface area is 188 Å². The molecule has 2 aromatic rings. The molecule has 1 aliphatic rings. The summed E-state index contributed by atoms with van der Waals surface area (Å²) in [6.07, 6.45) is 0.677. The normalized spacial score (nSPS) is 18.2. The number of aromatic nitrogens is 2. The van der Waals surface area contributed by atoms with Crippen LogP contribution in [0.2, 0.25) is 0 Å². The van der Waals surface area contributed by atoms with Crippen LogP contribution in [0, 0.1) is 13.8 Å². The molecule has 1 atom stereocenters. The molecule has 0 saturated carbocycles. The Bertz CT molecular complexity index is 1020. The number of benzene rings is 1. The highest BCUT2D eigenvalue weighted by Gasteiger charge is 2.46. The number of carbonyl (C=O) groups excluding carboxylic acids is 2. The van der Waals surface area contributed by atoms with Gasteiger partial charge >= 0.3 is 0 Å². The first-order chi connectivity index (χ1) is 15.1. The molecule has 1 aromatic carbocycles. The molecule has 1 aromatic heterocycles. The predicted molar refractivity (Wildman–Crippen MR) is 122 cm³/mol. The molecule has 1 fully saturated rings. The lowest BCUT2D eigenvalue weighted by molar-refractivity contribution is -0.139. The van der Waals surface area contributed by atoms with Gasteiger partial charge in [0.05, 0.1) is 29.0 Å². The van der Waals surface area contributed by atoms with Gasteiger partial charge < -0.3 is 19.6 Å². The summed E-state index contributed by atoms with van der Waals surface area (Å²) in [6, 6.07) is 6.65. The second kappa shape index (κ2) is 9.56. The molecular formula is C24H32N4O4. The van der Waals surface area contributed by atoms with E-state index in [0.717, 1.165) is 6.54 Å². The van der Waals surface area contributed by atoms with Crippen LogP contribution in [0.25, 0.3) is 5.76 Å². The van der Waals surface area contributed by atoms with E-state index in [4.69, 9.17) is 4.74 Å². The second-order valence-electron chi connectivity index (χ2n) is 8.70. The van der Waals surface area contributed by atoms with E-state index in [0.29, 0.717) is 41.2 Å². The number of hydrogen-bond donors (Lipinski definition) is 2. The molecule has 0 bridgehead atoms. The van der Waals surface area contributed by atoms with Gasteiger partial charge in [-0.1, -0.05) is 12.1 Å². The van der Waals surface area contributed by atoms with Gasteiger partial charge in [-0.05, 0) is 72.5 Å². The van der Waals surface area contributed by atoms with Gasteiger partial charge in [-0.2, -0.15) is 5.10 Å². The number of aliphatic hydroxyl groups is 1. The molecule has 32 heavy (non-hydrogen) atoms. The zero-order valence-electron chi connectivity index (χ0n) is 19.6. The zero-order valence-corrected chi connectivity index (χ0v) is 19.6. The number of ether oxygens (including phenoxy) is 1. The topological polar surface area (TPSA) is 98.8 Å². The maximum absolute atomic E-state index is 13.1. The number of Topliss-reactive ketones (excluding diaryl/α,β-unsaturated/α-hetero) is 1. The van der Waals surface area contributed by atoms with Crippen LogP contribution in [0.5, 0.6) is 5.75 Å². The lowest BCUT2D eigenvalue weighted by atomic mass is 9.94. The van der Waals surface area contributed by atoms with Crippen molar-refractivity contribution in [2.75, 3.05) is 27.2 Å². The van der Waals surface area contributed by atoms with Crippen LogP contribution in [-0.2, 0) is 9.59 Å². The summed E-state index contributed by atoms with van der Waals surface area (Å²) in [4.78, 5) is 29.8. The van der Waals surface area contributed by atoms with Crippen molar-refractivity contribution in [3.05, 3.63) is 52.4 Å². The van der Waals surface area contributed by atoms with Crippen molar-refractivity contribution in [2.24, 2.45) is 0 Å². The molecule has 1 saturated heterocycles. The van der Waals surface area contributed by atoms with Crippen molar-refractivity contribution < 1.29 is 19.4 Å². The molecule has 0 spiro atoms. The monoisotopic (exact) mass is 440 g/mol. The first-order valence-electron chi connectivity index (χ1n) is 10.8. The molecule has 8 nitrogen and oxygen atoms in total. The number of amides is 1. The summed E-state index contributed by atoms with van der Waals surface area (Å²) < 4.78 is 5.83. The predicted octanol–water partition coefficient (Wildman–Crippen LogP) is 3.19. The molecule has 3 rings (SSSR count). The van der Waals surface area contributed by atoms with Crippen LogP contribution in [0.15, 0.2) is 29.8 Å². The lowest BCUT2D eigenvalue weighted by Gasteiger charge is -2.26. The number of nitrogens with one attached hydrogen (secondary N) is 1. The van der Waals surface area contributed by atoms with Gasteiger partial charge in [0.2, 0.25) is 0 Å². The van der Waals surface area contributed by atoms with Crippen molar-refractivity contribution in [1.82, 2.24) is 20.0 Å². The Hall–Kier alpha value is -3.13. The Morgan fingerprint density at radius 2 is 2.00 bits per heavy atom. The van der Waals surface area contributed by atoms with Crippen molar-refractivity contribution in [3.8, 4) is 5.75 Å². The molecular weight excluding hydrogens is 408 g/mol. The summed E-state index contributed by atoms with van der Waals surface area (Å²) in [5.74, 6) is -0.855. The van der Waals surface area contributed by atoms with Crippen molar-refractivity contribution >= 4 is 17.4 Å².